The van der Waals surface area contributed by atoms with Gasteiger partial charge < -0.3 is 4.74 Å². The summed E-state index contributed by atoms with van der Waals surface area (Å²) >= 11 is 0. The van der Waals surface area contributed by atoms with Gasteiger partial charge in [-0.1, -0.05) is 30.3 Å². The van der Waals surface area contributed by atoms with Crippen LogP contribution in [0.4, 0.5) is 0 Å². The average Bonchev–Trinajstić information content (AvgIpc) is 2.84. The molecule has 0 aromatic heterocycles. The topological polar surface area (TPSA) is 26.3 Å². The smallest absolute Gasteiger partial charge is 0.138 e. The Morgan fingerprint density at radius 1 is 1.31 bits per heavy atom. The van der Waals surface area contributed by atoms with Crippen LogP contribution in [0, 0.1) is 5.92 Å². The van der Waals surface area contributed by atoms with Gasteiger partial charge in [0.25, 0.3) is 0 Å². The third kappa shape index (κ3) is 3.17. The molecule has 1 heterocycles. The Morgan fingerprint density at radius 3 is 2.81 bits per heavy atom. The zero-order valence-electron chi connectivity index (χ0n) is 9.52. The standard InChI is InChI=1S/C14H18O2/c15-14(13-9-10-16-11-13)8-4-7-12-5-2-1-3-6-12/h1-3,5-6,13H,4,7-11H2. The Labute approximate surface area is 96.6 Å². The monoisotopic (exact) mass is 218 g/mol. The van der Waals surface area contributed by atoms with Crippen molar-refractivity contribution < 1.29 is 9.53 Å². The number of carbonyl (C=O) groups is 1. The quantitative estimate of drug-likeness (QED) is 0.759. The number of hydrogen-bond donors (Lipinski definition) is 0. The molecule has 0 radical (unpaired) electrons. The van der Waals surface area contributed by atoms with Gasteiger partial charge in [0.05, 0.1) is 6.61 Å². The highest BCUT2D eigenvalue weighted by Crippen LogP contribution is 2.16. The molecule has 0 N–H and O–H groups in total. The van der Waals surface area contributed by atoms with Crippen molar-refractivity contribution in [3.05, 3.63) is 35.9 Å². The molecular weight excluding hydrogens is 200 g/mol. The molecular formula is C14H18O2. The second-order valence-electron chi connectivity index (χ2n) is 4.37. The van der Waals surface area contributed by atoms with E-state index in [2.05, 4.69) is 12.1 Å². The number of Topliss-reactive ketones (excluding diaryl/α,β-unsaturated/α-hetero) is 1. The summed E-state index contributed by atoms with van der Waals surface area (Å²) in [6, 6.07) is 10.3. The van der Waals surface area contributed by atoms with E-state index in [1.54, 1.807) is 0 Å². The SMILES string of the molecule is O=C(CCCc1ccccc1)C1CCOC1. The predicted octanol–water partition coefficient (Wildman–Crippen LogP) is 2.61. The fourth-order valence-electron chi connectivity index (χ4n) is 2.10. The zero-order valence-corrected chi connectivity index (χ0v) is 9.52. The molecule has 1 unspecified atom stereocenters. The largest absolute Gasteiger partial charge is 0.381 e. The molecule has 1 aromatic carbocycles. The molecule has 1 atom stereocenters. The van der Waals surface area contributed by atoms with Gasteiger partial charge >= 0.3 is 0 Å². The summed E-state index contributed by atoms with van der Waals surface area (Å²) in [6.07, 6.45) is 3.58. The number of benzene rings is 1. The van der Waals surface area contributed by atoms with E-state index in [9.17, 15) is 4.79 Å². The molecule has 2 rings (SSSR count). The van der Waals surface area contributed by atoms with Gasteiger partial charge in [0.15, 0.2) is 0 Å². The summed E-state index contributed by atoms with van der Waals surface area (Å²) in [5.74, 6) is 0.559. The van der Waals surface area contributed by atoms with Crippen LogP contribution < -0.4 is 0 Å². The maximum absolute atomic E-state index is 11.8. The van der Waals surface area contributed by atoms with Gasteiger partial charge in [0, 0.05) is 18.9 Å². The lowest BCUT2D eigenvalue weighted by Crippen LogP contribution is -2.14. The molecule has 86 valence electrons. The first kappa shape index (κ1) is 11.3. The van der Waals surface area contributed by atoms with Gasteiger partial charge in [-0.3, -0.25) is 4.79 Å². The summed E-state index contributed by atoms with van der Waals surface area (Å²) in [5.41, 5.74) is 1.32. The predicted molar refractivity (Wildman–Crippen MR) is 63.3 cm³/mol. The maximum Gasteiger partial charge on any atom is 0.138 e. The van der Waals surface area contributed by atoms with Crippen LogP contribution >= 0.6 is 0 Å². The third-order valence-corrected chi connectivity index (χ3v) is 3.12. The van der Waals surface area contributed by atoms with Crippen LogP contribution in [0.25, 0.3) is 0 Å². The van der Waals surface area contributed by atoms with E-state index >= 15 is 0 Å². The molecule has 1 aromatic rings. The first-order chi connectivity index (χ1) is 7.86. The Balaban J connectivity index is 1.70. The van der Waals surface area contributed by atoms with Crippen molar-refractivity contribution in [3.63, 3.8) is 0 Å². The Morgan fingerprint density at radius 2 is 2.12 bits per heavy atom. The fourth-order valence-corrected chi connectivity index (χ4v) is 2.10. The minimum atomic E-state index is 0.177. The number of ether oxygens (including phenoxy) is 1. The van der Waals surface area contributed by atoms with E-state index in [0.717, 1.165) is 25.9 Å². The highest BCUT2D eigenvalue weighted by molar-refractivity contribution is 5.81. The second kappa shape index (κ2) is 5.80. The molecule has 1 saturated heterocycles. The van der Waals surface area contributed by atoms with Gasteiger partial charge in [0.2, 0.25) is 0 Å². The Hall–Kier alpha value is -1.15. The van der Waals surface area contributed by atoms with Crippen molar-refractivity contribution in [2.75, 3.05) is 13.2 Å². The van der Waals surface area contributed by atoms with Crippen LogP contribution in [0.2, 0.25) is 0 Å². The molecule has 16 heavy (non-hydrogen) atoms. The number of carbonyl (C=O) groups excluding carboxylic acids is 1. The number of rotatable bonds is 5. The molecule has 0 bridgehead atoms. The van der Waals surface area contributed by atoms with E-state index in [0.29, 0.717) is 18.8 Å². The third-order valence-electron chi connectivity index (χ3n) is 3.12. The van der Waals surface area contributed by atoms with Crippen molar-refractivity contribution in [2.24, 2.45) is 5.92 Å². The van der Waals surface area contributed by atoms with Crippen LogP contribution in [-0.4, -0.2) is 19.0 Å². The number of ketones is 1. The first-order valence-corrected chi connectivity index (χ1v) is 6.00. The van der Waals surface area contributed by atoms with Crippen LogP contribution in [0.5, 0.6) is 0 Å². The molecule has 2 nitrogen and oxygen atoms in total. The van der Waals surface area contributed by atoms with Gasteiger partial charge in [-0.2, -0.15) is 0 Å². The second-order valence-corrected chi connectivity index (χ2v) is 4.37. The number of aryl methyl sites for hydroxylation is 1. The van der Waals surface area contributed by atoms with Gasteiger partial charge in [-0.15, -0.1) is 0 Å². The van der Waals surface area contributed by atoms with Gasteiger partial charge in [0.1, 0.15) is 5.78 Å². The fraction of sp³-hybridized carbons (Fsp3) is 0.500. The molecule has 0 aliphatic carbocycles. The highest BCUT2D eigenvalue weighted by Gasteiger charge is 2.22. The molecule has 1 aliphatic rings. The lowest BCUT2D eigenvalue weighted by Gasteiger charge is -2.06. The molecule has 2 heteroatoms. The zero-order chi connectivity index (χ0) is 11.2. The maximum atomic E-state index is 11.8. The van der Waals surface area contributed by atoms with E-state index in [-0.39, 0.29) is 5.92 Å². The summed E-state index contributed by atoms with van der Waals surface area (Å²) in [7, 11) is 0. The van der Waals surface area contributed by atoms with E-state index in [4.69, 9.17) is 4.74 Å². The van der Waals surface area contributed by atoms with Crippen molar-refractivity contribution in [1.29, 1.82) is 0 Å². The van der Waals surface area contributed by atoms with Gasteiger partial charge in [-0.25, -0.2) is 0 Å². The summed E-state index contributed by atoms with van der Waals surface area (Å²) < 4.78 is 5.22. The lowest BCUT2D eigenvalue weighted by molar-refractivity contribution is -0.122. The van der Waals surface area contributed by atoms with Crippen molar-refractivity contribution in [3.8, 4) is 0 Å². The van der Waals surface area contributed by atoms with E-state index < -0.39 is 0 Å². The summed E-state index contributed by atoms with van der Waals surface area (Å²) in [5, 5.41) is 0. The molecule has 0 spiro atoms. The van der Waals surface area contributed by atoms with Crippen LogP contribution in [0.1, 0.15) is 24.8 Å². The van der Waals surface area contributed by atoms with Crippen molar-refractivity contribution in [2.45, 2.75) is 25.7 Å². The van der Waals surface area contributed by atoms with Crippen molar-refractivity contribution in [1.82, 2.24) is 0 Å². The van der Waals surface area contributed by atoms with E-state index in [1.165, 1.54) is 5.56 Å². The number of hydrogen-bond acceptors (Lipinski definition) is 2. The van der Waals surface area contributed by atoms with Crippen LogP contribution in [0.15, 0.2) is 30.3 Å². The highest BCUT2D eigenvalue weighted by atomic mass is 16.5. The Bertz CT molecular complexity index is 326. The molecule has 1 fully saturated rings. The Kier molecular flexibility index (Phi) is 4.11. The molecule has 0 amide bonds. The molecule has 1 aliphatic heterocycles. The van der Waals surface area contributed by atoms with Crippen molar-refractivity contribution >= 4 is 5.78 Å². The van der Waals surface area contributed by atoms with Crippen LogP contribution in [-0.2, 0) is 16.0 Å². The summed E-state index contributed by atoms with van der Waals surface area (Å²) in [4.78, 5) is 11.8. The van der Waals surface area contributed by atoms with E-state index in [1.807, 2.05) is 18.2 Å². The normalized spacial score (nSPS) is 19.9. The minimum absolute atomic E-state index is 0.177. The van der Waals surface area contributed by atoms with Gasteiger partial charge in [-0.05, 0) is 24.8 Å². The first-order valence-electron chi connectivity index (χ1n) is 6.00. The lowest BCUT2D eigenvalue weighted by atomic mass is 9.98. The minimum Gasteiger partial charge on any atom is -0.381 e. The molecule has 0 saturated carbocycles. The summed E-state index contributed by atoms with van der Waals surface area (Å²) in [6.45, 7) is 1.40. The van der Waals surface area contributed by atoms with Crippen LogP contribution in [0.3, 0.4) is 0 Å². The average molecular weight is 218 g/mol.